The minimum atomic E-state index is -0.00531. The fourth-order valence-electron chi connectivity index (χ4n) is 1.37. The Morgan fingerprint density at radius 2 is 2.05 bits per heavy atom. The van der Waals surface area contributed by atoms with Crippen LogP contribution in [0.3, 0.4) is 0 Å². The van der Waals surface area contributed by atoms with Crippen LogP contribution in [0.1, 0.15) is 19.8 Å². The topological polar surface area (TPSA) is 80.0 Å². The number of carbonyl (C=O) groups excluding carboxylic acids is 1. The number of aromatic nitrogens is 1. The Morgan fingerprint density at radius 1 is 1.38 bits per heavy atom. The number of halogens is 4. The Balaban J connectivity index is 0. The zero-order chi connectivity index (χ0) is 14.3. The second kappa shape index (κ2) is 12.1. The summed E-state index contributed by atoms with van der Waals surface area (Å²) in [6.07, 6.45) is 2.64. The molecule has 0 spiro atoms. The predicted octanol–water partition coefficient (Wildman–Crippen LogP) is 2.89. The van der Waals surface area contributed by atoms with Crippen LogP contribution < -0.4 is 16.4 Å². The first kappa shape index (κ1) is 22.8. The monoisotopic (exact) mass is 376 g/mol. The van der Waals surface area contributed by atoms with Gasteiger partial charge in [0.2, 0.25) is 5.91 Å². The number of amides is 1. The summed E-state index contributed by atoms with van der Waals surface area (Å²) in [6.45, 7) is 2.92. The van der Waals surface area contributed by atoms with Gasteiger partial charge in [0.15, 0.2) is 0 Å². The van der Waals surface area contributed by atoms with E-state index in [1.54, 1.807) is 6.07 Å². The van der Waals surface area contributed by atoms with Crippen LogP contribution in [0.5, 0.6) is 0 Å². The number of rotatable bonds is 7. The zero-order valence-corrected chi connectivity index (χ0v) is 14.7. The van der Waals surface area contributed by atoms with Crippen LogP contribution in [0.25, 0.3) is 0 Å². The fourth-order valence-corrected chi connectivity index (χ4v) is 1.82. The summed E-state index contributed by atoms with van der Waals surface area (Å²) in [5.41, 5.74) is 5.57. The molecule has 0 fully saturated rings. The Hall–Kier alpha value is -0.460. The largest absolute Gasteiger partial charge is 0.367 e. The van der Waals surface area contributed by atoms with Gasteiger partial charge in [-0.05, 0) is 19.4 Å². The van der Waals surface area contributed by atoms with Gasteiger partial charge in [-0.3, -0.25) is 4.79 Å². The molecule has 1 heterocycles. The summed E-state index contributed by atoms with van der Waals surface area (Å²) in [7, 11) is 0. The Kier molecular flexibility index (Phi) is 13.2. The maximum Gasteiger partial charge on any atom is 0.220 e. The van der Waals surface area contributed by atoms with E-state index in [2.05, 4.69) is 15.6 Å². The van der Waals surface area contributed by atoms with Gasteiger partial charge in [-0.15, -0.1) is 24.8 Å². The molecule has 1 rings (SSSR count). The number of carbonyl (C=O) groups is 1. The van der Waals surface area contributed by atoms with Crippen LogP contribution in [-0.4, -0.2) is 30.0 Å². The van der Waals surface area contributed by atoms with E-state index >= 15 is 0 Å². The van der Waals surface area contributed by atoms with E-state index in [4.69, 9.17) is 28.9 Å². The molecule has 21 heavy (non-hydrogen) atoms. The molecule has 0 aliphatic carbocycles. The number of nitrogens with two attached hydrogens (primary N) is 1. The van der Waals surface area contributed by atoms with E-state index in [1.807, 2.05) is 6.92 Å². The first-order valence-corrected chi connectivity index (χ1v) is 6.82. The number of nitrogens with one attached hydrogen (secondary N) is 2. The lowest BCUT2D eigenvalue weighted by Gasteiger charge is -2.09. The van der Waals surface area contributed by atoms with Crippen molar-refractivity contribution < 1.29 is 4.79 Å². The molecule has 0 radical (unpaired) electrons. The van der Waals surface area contributed by atoms with Crippen molar-refractivity contribution in [1.29, 1.82) is 0 Å². The zero-order valence-electron chi connectivity index (χ0n) is 11.6. The Labute approximate surface area is 147 Å². The summed E-state index contributed by atoms with van der Waals surface area (Å²) in [5, 5.41) is 6.74. The second-order valence-corrected chi connectivity index (χ2v) is 5.12. The van der Waals surface area contributed by atoms with Gasteiger partial charge < -0.3 is 16.4 Å². The number of hydrogen-bond acceptors (Lipinski definition) is 4. The van der Waals surface area contributed by atoms with Crippen LogP contribution >= 0.6 is 48.0 Å². The first-order valence-electron chi connectivity index (χ1n) is 6.06. The van der Waals surface area contributed by atoms with E-state index in [9.17, 15) is 4.79 Å². The minimum Gasteiger partial charge on any atom is -0.367 e. The normalized spacial score (nSPS) is 10.9. The van der Waals surface area contributed by atoms with Crippen molar-refractivity contribution in [3.05, 3.63) is 22.3 Å². The summed E-state index contributed by atoms with van der Waals surface area (Å²) in [6, 6.07) is 1.65. The Bertz CT molecular complexity index is 432. The standard InChI is InChI=1S/C12H18Cl2N4O.2ClH/c1-8(15)2-3-11(19)16-4-5-17-12-10(14)6-9(13)7-18-12;;/h6-8H,2-5,15H2,1H3,(H,16,19)(H,17,18);2*1H. The molecule has 0 saturated heterocycles. The molecule has 5 nitrogen and oxygen atoms in total. The van der Waals surface area contributed by atoms with E-state index in [0.717, 1.165) is 0 Å². The van der Waals surface area contributed by atoms with Gasteiger partial charge in [0.05, 0.1) is 10.0 Å². The van der Waals surface area contributed by atoms with Gasteiger partial charge in [-0.1, -0.05) is 23.2 Å². The number of pyridine rings is 1. The highest BCUT2D eigenvalue weighted by Crippen LogP contribution is 2.21. The van der Waals surface area contributed by atoms with Crippen molar-refractivity contribution in [3.63, 3.8) is 0 Å². The number of hydrogen-bond donors (Lipinski definition) is 3. The molecule has 122 valence electrons. The third-order valence-electron chi connectivity index (χ3n) is 2.37. The van der Waals surface area contributed by atoms with Gasteiger partial charge >= 0.3 is 0 Å². The molecule has 0 saturated carbocycles. The third-order valence-corrected chi connectivity index (χ3v) is 2.87. The summed E-state index contributed by atoms with van der Waals surface area (Å²) < 4.78 is 0. The van der Waals surface area contributed by atoms with E-state index in [-0.39, 0.29) is 36.8 Å². The quantitative estimate of drug-likeness (QED) is 0.638. The molecule has 1 aromatic heterocycles. The van der Waals surface area contributed by atoms with E-state index < -0.39 is 0 Å². The van der Waals surface area contributed by atoms with Crippen molar-refractivity contribution in [2.24, 2.45) is 5.73 Å². The fraction of sp³-hybridized carbons (Fsp3) is 0.500. The summed E-state index contributed by atoms with van der Waals surface area (Å²) >= 11 is 11.7. The molecule has 0 aliphatic heterocycles. The second-order valence-electron chi connectivity index (χ2n) is 4.28. The molecule has 1 unspecified atom stereocenters. The molecule has 0 bridgehead atoms. The lowest BCUT2D eigenvalue weighted by Crippen LogP contribution is -2.30. The summed E-state index contributed by atoms with van der Waals surface area (Å²) in [5.74, 6) is 0.546. The molecule has 1 atom stereocenters. The van der Waals surface area contributed by atoms with Gasteiger partial charge in [0.25, 0.3) is 0 Å². The highest BCUT2D eigenvalue weighted by atomic mass is 35.5. The van der Waals surface area contributed by atoms with Crippen LogP contribution in [-0.2, 0) is 4.79 Å². The van der Waals surface area contributed by atoms with Crippen molar-refractivity contribution in [2.75, 3.05) is 18.4 Å². The van der Waals surface area contributed by atoms with Crippen LogP contribution in [0.2, 0.25) is 10.0 Å². The molecule has 0 aliphatic rings. The van der Waals surface area contributed by atoms with Crippen molar-refractivity contribution in [3.8, 4) is 0 Å². The maximum atomic E-state index is 11.4. The maximum absolute atomic E-state index is 11.4. The van der Waals surface area contributed by atoms with Crippen LogP contribution in [0.15, 0.2) is 12.3 Å². The van der Waals surface area contributed by atoms with Crippen molar-refractivity contribution >= 4 is 59.7 Å². The SMILES string of the molecule is CC(N)CCC(=O)NCCNc1ncc(Cl)cc1Cl.Cl.Cl. The smallest absolute Gasteiger partial charge is 0.220 e. The van der Waals surface area contributed by atoms with Gasteiger partial charge in [0.1, 0.15) is 5.82 Å². The van der Waals surface area contributed by atoms with Crippen LogP contribution in [0.4, 0.5) is 5.82 Å². The van der Waals surface area contributed by atoms with E-state index in [0.29, 0.717) is 41.8 Å². The number of nitrogens with zero attached hydrogens (tertiary/aromatic N) is 1. The highest BCUT2D eigenvalue weighted by Gasteiger charge is 2.04. The van der Waals surface area contributed by atoms with E-state index in [1.165, 1.54) is 6.20 Å². The molecule has 4 N–H and O–H groups in total. The van der Waals surface area contributed by atoms with Crippen molar-refractivity contribution in [2.45, 2.75) is 25.8 Å². The average Bonchev–Trinajstić information content (AvgIpc) is 2.34. The van der Waals surface area contributed by atoms with Crippen molar-refractivity contribution in [1.82, 2.24) is 10.3 Å². The average molecular weight is 378 g/mol. The summed E-state index contributed by atoms with van der Waals surface area (Å²) in [4.78, 5) is 15.5. The molecule has 1 amide bonds. The lowest BCUT2D eigenvalue weighted by atomic mass is 10.2. The lowest BCUT2D eigenvalue weighted by molar-refractivity contribution is -0.121. The molecule has 9 heteroatoms. The first-order chi connectivity index (χ1) is 8.99. The van der Waals surface area contributed by atoms with Crippen LogP contribution in [0, 0.1) is 0 Å². The van der Waals surface area contributed by atoms with Gasteiger partial charge in [-0.25, -0.2) is 4.98 Å². The predicted molar refractivity (Wildman–Crippen MR) is 93.1 cm³/mol. The van der Waals surface area contributed by atoms with Gasteiger partial charge in [0, 0.05) is 31.7 Å². The third kappa shape index (κ3) is 9.98. The number of anilines is 1. The highest BCUT2D eigenvalue weighted by molar-refractivity contribution is 6.35. The molecular formula is C12H20Cl4N4O. The van der Waals surface area contributed by atoms with Gasteiger partial charge in [-0.2, -0.15) is 0 Å². The minimum absolute atomic E-state index is 0. The Morgan fingerprint density at radius 3 is 2.62 bits per heavy atom. The molecule has 1 aromatic rings. The molecular weight excluding hydrogens is 358 g/mol. The molecule has 0 aromatic carbocycles.